The average molecular weight is 515 g/mol. The number of ether oxygens (including phenoxy) is 1. The third-order valence-electron chi connectivity index (χ3n) is 5.93. The molecule has 11 nitrogen and oxygen atoms in total. The van der Waals surface area contributed by atoms with E-state index in [4.69, 9.17) is 10.5 Å². The molecule has 5 rings (SSSR count). The lowest BCUT2D eigenvalue weighted by Crippen LogP contribution is -2.28. The molecule has 0 radical (unpaired) electrons. The van der Waals surface area contributed by atoms with Crippen LogP contribution in [0.2, 0.25) is 0 Å². The maximum Gasteiger partial charge on any atom is 0.280 e. The Kier molecular flexibility index (Phi) is 6.62. The fourth-order valence-corrected chi connectivity index (χ4v) is 4.03. The van der Waals surface area contributed by atoms with E-state index in [2.05, 4.69) is 25.5 Å². The van der Waals surface area contributed by atoms with Crippen molar-refractivity contribution in [3.8, 4) is 22.4 Å². The van der Waals surface area contributed by atoms with E-state index in [9.17, 15) is 14.0 Å². The van der Waals surface area contributed by atoms with Crippen LogP contribution in [-0.4, -0.2) is 49.2 Å². The first-order valence-corrected chi connectivity index (χ1v) is 11.6. The van der Waals surface area contributed by atoms with Crippen LogP contribution in [0, 0.1) is 5.82 Å². The van der Waals surface area contributed by atoms with Gasteiger partial charge in [-0.05, 0) is 29.8 Å². The fraction of sp³-hybridized carbons (Fsp3) is 0.154. The molecule has 0 atom stereocenters. The van der Waals surface area contributed by atoms with Gasteiger partial charge in [-0.3, -0.25) is 14.3 Å². The summed E-state index contributed by atoms with van der Waals surface area (Å²) in [5, 5.41) is 12.1. The summed E-state index contributed by atoms with van der Waals surface area (Å²) < 4.78 is 21.6. The predicted octanol–water partition coefficient (Wildman–Crippen LogP) is 2.87. The summed E-state index contributed by atoms with van der Waals surface area (Å²) in [7, 11) is 3.30. The van der Waals surface area contributed by atoms with Gasteiger partial charge in [-0.2, -0.15) is 10.2 Å². The van der Waals surface area contributed by atoms with Gasteiger partial charge in [0.2, 0.25) is 5.43 Å². The highest BCUT2D eigenvalue weighted by molar-refractivity contribution is 6.03. The number of nitrogens with one attached hydrogen (secondary N) is 1. The van der Waals surface area contributed by atoms with Crippen molar-refractivity contribution in [1.82, 2.24) is 29.5 Å². The standard InChI is InChI=1S/C26H23FN8O3/c1-34-25-20(24(28)29-14-30-25)21(32-34)16-5-9-18(10-6-16)31-26(37)22-23(36)19(13-35(33-22)11-12-38-2)15-3-7-17(27)8-4-15/h3-10,13-14H,11-12H2,1-2H3,(H,31,37)(H2,28,29,30). The lowest BCUT2D eigenvalue weighted by atomic mass is 10.1. The average Bonchev–Trinajstić information content (AvgIpc) is 3.26. The number of aryl methyl sites for hydroxylation is 1. The summed E-state index contributed by atoms with van der Waals surface area (Å²) in [4.78, 5) is 34.7. The maximum absolute atomic E-state index is 13.4. The first-order valence-electron chi connectivity index (χ1n) is 11.6. The van der Waals surface area contributed by atoms with Gasteiger partial charge in [-0.1, -0.05) is 24.3 Å². The van der Waals surface area contributed by atoms with Crippen molar-refractivity contribution >= 4 is 28.4 Å². The van der Waals surface area contributed by atoms with Gasteiger partial charge in [-0.25, -0.2) is 19.0 Å². The predicted molar refractivity (Wildman–Crippen MR) is 140 cm³/mol. The molecule has 0 aliphatic carbocycles. The number of carbonyl (C=O) groups excluding carboxylic acids is 1. The first kappa shape index (κ1) is 24.7. The van der Waals surface area contributed by atoms with Crippen LogP contribution in [0.4, 0.5) is 15.9 Å². The van der Waals surface area contributed by atoms with Gasteiger partial charge in [0.1, 0.15) is 23.7 Å². The number of anilines is 2. The third kappa shape index (κ3) is 4.72. The molecule has 0 fully saturated rings. The van der Waals surface area contributed by atoms with E-state index >= 15 is 0 Å². The summed E-state index contributed by atoms with van der Waals surface area (Å²) in [5.74, 6) is -0.802. The van der Waals surface area contributed by atoms with Crippen molar-refractivity contribution in [2.24, 2.45) is 7.05 Å². The van der Waals surface area contributed by atoms with Crippen molar-refractivity contribution < 1.29 is 13.9 Å². The second-order valence-corrected chi connectivity index (χ2v) is 8.44. The molecule has 38 heavy (non-hydrogen) atoms. The Balaban J connectivity index is 1.45. The normalized spacial score (nSPS) is 11.1. The molecule has 0 bridgehead atoms. The summed E-state index contributed by atoms with van der Waals surface area (Å²) >= 11 is 0. The Morgan fingerprint density at radius 2 is 1.76 bits per heavy atom. The van der Waals surface area contributed by atoms with Crippen LogP contribution in [0.3, 0.4) is 0 Å². The zero-order valence-corrected chi connectivity index (χ0v) is 20.6. The molecule has 3 heterocycles. The van der Waals surface area contributed by atoms with Gasteiger partial charge in [-0.15, -0.1) is 0 Å². The minimum Gasteiger partial charge on any atom is -0.383 e. The number of aromatic nitrogens is 6. The van der Waals surface area contributed by atoms with Crippen molar-refractivity contribution in [2.75, 3.05) is 24.8 Å². The number of halogens is 1. The topological polar surface area (TPSA) is 143 Å². The van der Waals surface area contributed by atoms with Crippen molar-refractivity contribution in [2.45, 2.75) is 6.54 Å². The lowest BCUT2D eigenvalue weighted by Gasteiger charge is -2.11. The van der Waals surface area contributed by atoms with Gasteiger partial charge in [0, 0.05) is 37.2 Å². The third-order valence-corrected chi connectivity index (χ3v) is 5.93. The summed E-state index contributed by atoms with van der Waals surface area (Å²) in [5.41, 5.74) is 8.27. The molecule has 3 N–H and O–H groups in total. The van der Waals surface area contributed by atoms with Crippen LogP contribution in [0.15, 0.2) is 65.8 Å². The minimum absolute atomic E-state index is 0.221. The molecule has 12 heteroatoms. The van der Waals surface area contributed by atoms with Crippen molar-refractivity contribution in [1.29, 1.82) is 0 Å². The second kappa shape index (κ2) is 10.2. The number of methoxy groups -OCH3 is 1. The van der Waals surface area contributed by atoms with Crippen LogP contribution < -0.4 is 16.5 Å². The van der Waals surface area contributed by atoms with Crippen LogP contribution in [0.5, 0.6) is 0 Å². The fourth-order valence-electron chi connectivity index (χ4n) is 4.03. The van der Waals surface area contributed by atoms with Gasteiger partial charge in [0.25, 0.3) is 5.91 Å². The molecule has 1 amide bonds. The van der Waals surface area contributed by atoms with Gasteiger partial charge >= 0.3 is 0 Å². The molecular weight excluding hydrogens is 491 g/mol. The zero-order chi connectivity index (χ0) is 26.8. The van der Waals surface area contributed by atoms with E-state index in [1.807, 2.05) is 0 Å². The van der Waals surface area contributed by atoms with Crippen LogP contribution in [0.25, 0.3) is 33.4 Å². The van der Waals surface area contributed by atoms with E-state index in [1.165, 1.54) is 48.6 Å². The highest BCUT2D eigenvalue weighted by Gasteiger charge is 2.19. The number of carbonyl (C=O) groups is 1. The van der Waals surface area contributed by atoms with Crippen LogP contribution >= 0.6 is 0 Å². The quantitative estimate of drug-likeness (QED) is 0.338. The van der Waals surface area contributed by atoms with Gasteiger partial charge in [0.15, 0.2) is 11.3 Å². The smallest absolute Gasteiger partial charge is 0.280 e. The summed E-state index contributed by atoms with van der Waals surface area (Å²) in [6, 6.07) is 12.4. The summed E-state index contributed by atoms with van der Waals surface area (Å²) in [6.07, 6.45) is 2.90. The minimum atomic E-state index is -0.682. The highest BCUT2D eigenvalue weighted by atomic mass is 19.1. The molecular formula is C26H23FN8O3. The Hall–Kier alpha value is -4.97. The molecule has 5 aromatic rings. The summed E-state index contributed by atoms with van der Waals surface area (Å²) in [6.45, 7) is 0.629. The number of nitrogens with two attached hydrogens (primary N) is 1. The molecule has 0 unspecified atom stereocenters. The van der Waals surface area contributed by atoms with E-state index in [0.29, 0.717) is 46.9 Å². The molecule has 2 aromatic carbocycles. The molecule has 0 spiro atoms. The Morgan fingerprint density at radius 3 is 2.47 bits per heavy atom. The molecule has 0 aliphatic heterocycles. The maximum atomic E-state index is 13.4. The van der Waals surface area contributed by atoms with Gasteiger partial charge in [0.05, 0.1) is 18.5 Å². The Bertz CT molecular complexity index is 1700. The van der Waals surface area contributed by atoms with E-state index in [-0.39, 0.29) is 11.3 Å². The van der Waals surface area contributed by atoms with Gasteiger partial charge < -0.3 is 15.8 Å². The SMILES string of the molecule is COCCn1cc(-c2ccc(F)cc2)c(=O)c(C(=O)Nc2ccc(-c3nn(C)c4ncnc(N)c34)cc2)n1. The van der Waals surface area contributed by atoms with Crippen molar-refractivity contribution in [3.63, 3.8) is 0 Å². The number of fused-ring (bicyclic) bond motifs is 1. The lowest BCUT2D eigenvalue weighted by molar-refractivity contribution is 0.101. The van der Waals surface area contributed by atoms with E-state index in [0.717, 1.165) is 5.56 Å². The number of hydrogen-bond acceptors (Lipinski definition) is 8. The van der Waals surface area contributed by atoms with E-state index < -0.39 is 17.2 Å². The number of nitrogen functional groups attached to an aromatic ring is 1. The largest absolute Gasteiger partial charge is 0.383 e. The van der Waals surface area contributed by atoms with Crippen LogP contribution in [0.1, 0.15) is 10.5 Å². The Morgan fingerprint density at radius 1 is 1.05 bits per heavy atom. The zero-order valence-electron chi connectivity index (χ0n) is 20.6. The number of rotatable bonds is 7. The van der Waals surface area contributed by atoms with E-state index in [1.54, 1.807) is 36.0 Å². The number of nitrogens with zero attached hydrogens (tertiary/aromatic N) is 6. The molecule has 0 aliphatic rings. The molecule has 0 saturated heterocycles. The molecule has 192 valence electrons. The number of benzene rings is 2. The number of hydrogen-bond donors (Lipinski definition) is 2. The second-order valence-electron chi connectivity index (χ2n) is 8.44. The van der Waals surface area contributed by atoms with Crippen molar-refractivity contribution in [3.05, 3.63) is 82.8 Å². The monoisotopic (exact) mass is 514 g/mol. The highest BCUT2D eigenvalue weighted by Crippen LogP contribution is 2.30. The molecule has 0 saturated carbocycles. The molecule has 3 aromatic heterocycles. The first-order chi connectivity index (χ1) is 18.4. The van der Waals surface area contributed by atoms with Crippen LogP contribution in [-0.2, 0) is 18.3 Å². The number of amides is 1. The Labute approximate surface area is 215 Å².